The Morgan fingerprint density at radius 1 is 1.16 bits per heavy atom. The van der Waals surface area contributed by atoms with Crippen molar-refractivity contribution in [2.75, 3.05) is 18.9 Å². The summed E-state index contributed by atoms with van der Waals surface area (Å²) in [6, 6.07) is 8.94. The third-order valence-electron chi connectivity index (χ3n) is 5.56. The van der Waals surface area contributed by atoms with E-state index in [1.165, 1.54) is 12.4 Å². The minimum Gasteiger partial charge on any atom is -0.478 e. The second-order valence-electron chi connectivity index (χ2n) is 7.35. The maximum absolute atomic E-state index is 11.6. The van der Waals surface area contributed by atoms with E-state index in [-0.39, 0.29) is 16.6 Å². The Hall–Kier alpha value is -3.43. The van der Waals surface area contributed by atoms with E-state index in [9.17, 15) is 9.90 Å². The second-order valence-corrected chi connectivity index (χ2v) is 7.76. The van der Waals surface area contributed by atoms with E-state index in [0.717, 1.165) is 24.1 Å². The summed E-state index contributed by atoms with van der Waals surface area (Å²) in [6.07, 6.45) is 4.88. The van der Waals surface area contributed by atoms with Gasteiger partial charge in [0.1, 0.15) is 11.8 Å². The predicted octanol–water partition coefficient (Wildman–Crippen LogP) is 3.55. The molecule has 4 aromatic rings. The highest BCUT2D eigenvalue weighted by Gasteiger charge is 2.24. The van der Waals surface area contributed by atoms with Crippen LogP contribution in [0.3, 0.4) is 0 Å². The molecule has 0 radical (unpaired) electrons. The van der Waals surface area contributed by atoms with Gasteiger partial charge in [-0.25, -0.2) is 14.3 Å². The average molecular weight is 439 g/mol. The molecule has 5 rings (SSSR count). The number of carboxylic acid groups (broad SMARTS) is 1. The highest BCUT2D eigenvalue weighted by atomic mass is 35.5. The smallest absolute Gasteiger partial charge is 0.337 e. The number of nitrogens with zero attached hydrogens (tertiary/aromatic N) is 5. The molecule has 10 heteroatoms. The molecule has 1 fully saturated rings. The Bertz CT molecular complexity index is 1290. The lowest BCUT2D eigenvalue weighted by Gasteiger charge is -2.24. The molecule has 1 aliphatic heterocycles. The molecular formula is C21H19ClN6O3. The van der Waals surface area contributed by atoms with Gasteiger partial charge in [0.15, 0.2) is 5.82 Å². The van der Waals surface area contributed by atoms with Crippen molar-refractivity contribution in [2.24, 2.45) is 0 Å². The number of aromatic nitrogens is 5. The Labute approximate surface area is 182 Å². The number of nitrogens with two attached hydrogens (primary N) is 1. The van der Waals surface area contributed by atoms with E-state index in [0.29, 0.717) is 35.8 Å². The third-order valence-corrected chi connectivity index (χ3v) is 5.89. The van der Waals surface area contributed by atoms with Crippen LogP contribution in [-0.4, -0.2) is 48.7 Å². The summed E-state index contributed by atoms with van der Waals surface area (Å²) < 4.78 is 9.16. The Morgan fingerprint density at radius 2 is 1.97 bits per heavy atom. The number of aromatic carboxylic acids is 1. The second kappa shape index (κ2) is 7.68. The first-order chi connectivity index (χ1) is 15.0. The monoisotopic (exact) mass is 438 g/mol. The fourth-order valence-corrected chi connectivity index (χ4v) is 4.26. The standard InChI is InChI=1S/C21H19ClN6O3/c22-16-2-1-12(9-14(16)21(29)30)18-10-15(19-20(23)24-11-26-28(18)19)17-3-6-25-27(17)13-4-7-31-8-5-13/h1-3,6,9-11,13H,4-5,7-8H2,(H,29,30)(H2,23,24,26). The molecule has 0 atom stereocenters. The number of ether oxygens (including phenoxy) is 1. The van der Waals surface area contributed by atoms with Gasteiger partial charge >= 0.3 is 5.97 Å². The van der Waals surface area contributed by atoms with Crippen molar-refractivity contribution in [3.63, 3.8) is 0 Å². The number of halogens is 1. The van der Waals surface area contributed by atoms with Crippen LogP contribution in [0, 0.1) is 0 Å². The summed E-state index contributed by atoms with van der Waals surface area (Å²) >= 11 is 6.06. The summed E-state index contributed by atoms with van der Waals surface area (Å²) in [6.45, 7) is 1.39. The first-order valence-electron chi connectivity index (χ1n) is 9.81. The summed E-state index contributed by atoms with van der Waals surface area (Å²) in [5.41, 5.74) is 9.95. The third kappa shape index (κ3) is 3.31. The highest BCUT2D eigenvalue weighted by molar-refractivity contribution is 6.33. The van der Waals surface area contributed by atoms with Gasteiger partial charge < -0.3 is 15.6 Å². The molecule has 3 aromatic heterocycles. The Kier molecular flexibility index (Phi) is 4.84. The average Bonchev–Trinajstić information content (AvgIpc) is 3.40. The van der Waals surface area contributed by atoms with E-state index in [2.05, 4.69) is 15.2 Å². The van der Waals surface area contributed by atoms with Gasteiger partial charge in [-0.15, -0.1) is 0 Å². The van der Waals surface area contributed by atoms with Crippen LogP contribution in [0.25, 0.3) is 28.0 Å². The van der Waals surface area contributed by atoms with Crippen LogP contribution in [0.2, 0.25) is 5.02 Å². The first kappa shape index (κ1) is 19.5. The highest BCUT2D eigenvalue weighted by Crippen LogP contribution is 2.37. The predicted molar refractivity (Wildman–Crippen MR) is 115 cm³/mol. The molecule has 3 N–H and O–H groups in total. The summed E-state index contributed by atoms with van der Waals surface area (Å²) in [7, 11) is 0. The number of nitrogen functional groups attached to an aromatic ring is 1. The van der Waals surface area contributed by atoms with E-state index in [1.54, 1.807) is 22.8 Å². The van der Waals surface area contributed by atoms with Crippen LogP contribution in [0.4, 0.5) is 5.82 Å². The molecule has 4 heterocycles. The summed E-state index contributed by atoms with van der Waals surface area (Å²) in [5.74, 6) is -0.775. The van der Waals surface area contributed by atoms with Crippen LogP contribution < -0.4 is 5.73 Å². The lowest BCUT2D eigenvalue weighted by molar-refractivity contribution is 0.0667. The number of benzene rings is 1. The quantitative estimate of drug-likeness (QED) is 0.499. The van der Waals surface area contributed by atoms with E-state index in [4.69, 9.17) is 22.1 Å². The molecule has 0 unspecified atom stereocenters. The fourth-order valence-electron chi connectivity index (χ4n) is 4.07. The van der Waals surface area contributed by atoms with Gasteiger partial charge in [-0.1, -0.05) is 17.7 Å². The lowest BCUT2D eigenvalue weighted by Crippen LogP contribution is -2.21. The van der Waals surface area contributed by atoms with Crippen molar-refractivity contribution in [2.45, 2.75) is 18.9 Å². The van der Waals surface area contributed by atoms with Gasteiger partial charge in [-0.05, 0) is 37.1 Å². The molecule has 9 nitrogen and oxygen atoms in total. The summed E-state index contributed by atoms with van der Waals surface area (Å²) in [4.78, 5) is 15.7. The molecule has 158 valence electrons. The van der Waals surface area contributed by atoms with Crippen molar-refractivity contribution in [1.29, 1.82) is 0 Å². The number of carboxylic acids is 1. The fraction of sp³-hybridized carbons (Fsp3) is 0.238. The van der Waals surface area contributed by atoms with Crippen LogP contribution in [0.1, 0.15) is 29.2 Å². The van der Waals surface area contributed by atoms with Crippen LogP contribution in [-0.2, 0) is 4.74 Å². The minimum atomic E-state index is -1.10. The number of fused-ring (bicyclic) bond motifs is 1. The lowest BCUT2D eigenvalue weighted by atomic mass is 10.1. The van der Waals surface area contributed by atoms with E-state index >= 15 is 0 Å². The SMILES string of the molecule is Nc1ncnn2c(-c3ccc(Cl)c(C(=O)O)c3)cc(-c3ccnn3C3CCOCC3)c12. The van der Waals surface area contributed by atoms with Crippen LogP contribution >= 0.6 is 11.6 Å². The van der Waals surface area contributed by atoms with Crippen LogP contribution in [0.5, 0.6) is 0 Å². The molecule has 31 heavy (non-hydrogen) atoms. The zero-order chi connectivity index (χ0) is 21.5. The van der Waals surface area contributed by atoms with Crippen molar-refractivity contribution in [3.8, 4) is 22.5 Å². The van der Waals surface area contributed by atoms with Gasteiger partial charge in [0.2, 0.25) is 0 Å². The molecule has 1 aliphatic rings. The number of rotatable bonds is 4. The maximum atomic E-state index is 11.6. The van der Waals surface area contributed by atoms with Gasteiger partial charge in [-0.3, -0.25) is 4.68 Å². The van der Waals surface area contributed by atoms with Crippen molar-refractivity contribution in [1.82, 2.24) is 24.4 Å². The first-order valence-corrected chi connectivity index (χ1v) is 10.2. The Morgan fingerprint density at radius 3 is 2.74 bits per heavy atom. The van der Waals surface area contributed by atoms with Crippen LogP contribution in [0.15, 0.2) is 42.9 Å². The largest absolute Gasteiger partial charge is 0.478 e. The zero-order valence-corrected chi connectivity index (χ0v) is 17.2. The molecular weight excluding hydrogens is 420 g/mol. The van der Waals surface area contributed by atoms with E-state index in [1.807, 2.05) is 16.8 Å². The van der Waals surface area contributed by atoms with Gasteiger partial charge in [0.05, 0.1) is 28.0 Å². The molecule has 0 spiro atoms. The number of anilines is 1. The van der Waals surface area contributed by atoms with Crippen molar-refractivity contribution < 1.29 is 14.6 Å². The van der Waals surface area contributed by atoms with E-state index < -0.39 is 5.97 Å². The number of carbonyl (C=O) groups is 1. The molecule has 0 amide bonds. The number of hydrogen-bond donors (Lipinski definition) is 2. The zero-order valence-electron chi connectivity index (χ0n) is 16.4. The molecule has 1 aromatic carbocycles. The normalized spacial score (nSPS) is 14.9. The van der Waals surface area contributed by atoms with Crippen molar-refractivity contribution in [3.05, 3.63) is 53.4 Å². The Balaban J connectivity index is 1.72. The van der Waals surface area contributed by atoms with Gasteiger partial charge in [0.25, 0.3) is 0 Å². The number of hydrogen-bond acceptors (Lipinski definition) is 6. The van der Waals surface area contributed by atoms with Gasteiger partial charge in [-0.2, -0.15) is 10.2 Å². The minimum absolute atomic E-state index is 0.0185. The maximum Gasteiger partial charge on any atom is 0.337 e. The topological polar surface area (TPSA) is 121 Å². The van der Waals surface area contributed by atoms with Crippen molar-refractivity contribution >= 4 is 28.9 Å². The molecule has 0 saturated carbocycles. The molecule has 0 aliphatic carbocycles. The molecule has 0 bridgehead atoms. The van der Waals surface area contributed by atoms with Gasteiger partial charge in [0, 0.05) is 30.5 Å². The summed E-state index contributed by atoms with van der Waals surface area (Å²) in [5, 5.41) is 18.6. The molecule has 1 saturated heterocycles.